The largest absolute Gasteiger partial charge is 0.316 e. The molecule has 2 aromatic rings. The van der Waals surface area contributed by atoms with E-state index >= 15 is 0 Å². The Morgan fingerprint density at radius 2 is 2.14 bits per heavy atom. The molecule has 1 unspecified atom stereocenters. The van der Waals surface area contributed by atoms with Crippen molar-refractivity contribution in [1.29, 1.82) is 0 Å². The first-order chi connectivity index (χ1) is 10.1. The summed E-state index contributed by atoms with van der Waals surface area (Å²) in [5, 5.41) is 8.01. The second-order valence-corrected chi connectivity index (χ2v) is 6.48. The zero-order chi connectivity index (χ0) is 15.2. The zero-order valence-corrected chi connectivity index (χ0v) is 14.7. The maximum atomic E-state index is 4.46. The van der Waals surface area contributed by atoms with E-state index in [4.69, 9.17) is 0 Å². The van der Waals surface area contributed by atoms with Crippen molar-refractivity contribution in [2.45, 2.75) is 32.6 Å². The molecule has 0 saturated carbocycles. The van der Waals surface area contributed by atoms with Crippen molar-refractivity contribution in [3.8, 4) is 0 Å². The van der Waals surface area contributed by atoms with Crippen LogP contribution in [0, 0.1) is 6.92 Å². The van der Waals surface area contributed by atoms with Crippen LogP contribution in [-0.2, 0) is 13.5 Å². The molecule has 1 atom stereocenters. The molecule has 0 amide bonds. The molecule has 0 radical (unpaired) electrons. The molecule has 0 fully saturated rings. The van der Waals surface area contributed by atoms with Gasteiger partial charge in [0.2, 0.25) is 0 Å². The van der Waals surface area contributed by atoms with Crippen LogP contribution in [-0.4, -0.2) is 22.9 Å². The first-order valence-corrected chi connectivity index (χ1v) is 8.35. The summed E-state index contributed by atoms with van der Waals surface area (Å²) in [6.07, 6.45) is 2.17. The van der Waals surface area contributed by atoms with Gasteiger partial charge in [-0.2, -0.15) is 5.10 Å². The molecule has 0 aliphatic carbocycles. The molecule has 1 aromatic carbocycles. The van der Waals surface area contributed by atoms with Gasteiger partial charge in [0.1, 0.15) is 0 Å². The Morgan fingerprint density at radius 1 is 1.33 bits per heavy atom. The highest BCUT2D eigenvalue weighted by Gasteiger charge is 2.15. The summed E-state index contributed by atoms with van der Waals surface area (Å²) < 4.78 is 3.14. The molecule has 1 heterocycles. The van der Waals surface area contributed by atoms with Gasteiger partial charge in [0.05, 0.1) is 5.69 Å². The van der Waals surface area contributed by atoms with Gasteiger partial charge in [0, 0.05) is 29.7 Å². The van der Waals surface area contributed by atoms with Gasteiger partial charge in [-0.05, 0) is 50.1 Å². The fourth-order valence-electron chi connectivity index (χ4n) is 2.63. The molecule has 2 rings (SSSR count). The summed E-state index contributed by atoms with van der Waals surface area (Å²) in [5.74, 6) is 0.462. The van der Waals surface area contributed by atoms with Crippen molar-refractivity contribution in [2.24, 2.45) is 7.05 Å². The average Bonchev–Trinajstić information content (AvgIpc) is 2.76. The van der Waals surface area contributed by atoms with Crippen LogP contribution in [0.25, 0.3) is 0 Å². The molecule has 3 nitrogen and oxygen atoms in total. The van der Waals surface area contributed by atoms with E-state index in [9.17, 15) is 0 Å². The van der Waals surface area contributed by atoms with Crippen molar-refractivity contribution >= 4 is 15.9 Å². The predicted molar refractivity (Wildman–Crippen MR) is 91.7 cm³/mol. The number of hydrogen-bond donors (Lipinski definition) is 1. The van der Waals surface area contributed by atoms with Crippen molar-refractivity contribution in [1.82, 2.24) is 15.1 Å². The number of aryl methyl sites for hydroxylation is 2. The maximum absolute atomic E-state index is 4.46. The fourth-order valence-corrected chi connectivity index (χ4v) is 3.05. The quantitative estimate of drug-likeness (QED) is 0.770. The fraction of sp³-hybridized carbons (Fsp3) is 0.471. The summed E-state index contributed by atoms with van der Waals surface area (Å²) in [6.45, 7) is 6.31. The van der Waals surface area contributed by atoms with Gasteiger partial charge < -0.3 is 5.32 Å². The van der Waals surface area contributed by atoms with Crippen LogP contribution in [0.15, 0.2) is 34.8 Å². The highest BCUT2D eigenvalue weighted by atomic mass is 79.9. The lowest BCUT2D eigenvalue weighted by molar-refractivity contribution is 0.557. The second-order valence-electron chi connectivity index (χ2n) is 5.56. The van der Waals surface area contributed by atoms with Gasteiger partial charge in [-0.15, -0.1) is 0 Å². The van der Waals surface area contributed by atoms with Gasteiger partial charge in [0.25, 0.3) is 0 Å². The Morgan fingerprint density at radius 3 is 2.76 bits per heavy atom. The number of nitrogens with one attached hydrogen (secondary N) is 1. The SMILES string of the molecule is CCCNCC(Cc1cc(C)nn1C)c1cccc(Br)c1. The lowest BCUT2D eigenvalue weighted by Crippen LogP contribution is -2.24. The van der Waals surface area contributed by atoms with Crippen LogP contribution >= 0.6 is 15.9 Å². The lowest BCUT2D eigenvalue weighted by atomic mass is 9.94. The Hall–Kier alpha value is -1.13. The van der Waals surface area contributed by atoms with E-state index in [1.54, 1.807) is 0 Å². The lowest BCUT2D eigenvalue weighted by Gasteiger charge is -2.18. The van der Waals surface area contributed by atoms with Crippen LogP contribution in [0.1, 0.15) is 36.2 Å². The van der Waals surface area contributed by atoms with E-state index in [1.165, 1.54) is 11.3 Å². The molecule has 1 N–H and O–H groups in total. The Bertz CT molecular complexity index is 577. The number of nitrogens with zero attached hydrogens (tertiary/aromatic N) is 2. The van der Waals surface area contributed by atoms with Gasteiger partial charge in [-0.3, -0.25) is 4.68 Å². The molecule has 0 spiro atoms. The highest BCUT2D eigenvalue weighted by Crippen LogP contribution is 2.23. The van der Waals surface area contributed by atoms with E-state index in [0.717, 1.165) is 36.1 Å². The van der Waals surface area contributed by atoms with Gasteiger partial charge in [-0.1, -0.05) is 35.0 Å². The minimum Gasteiger partial charge on any atom is -0.316 e. The van der Waals surface area contributed by atoms with Crippen molar-refractivity contribution in [3.05, 3.63) is 51.8 Å². The molecular formula is C17H24BrN3. The second kappa shape index (κ2) is 7.76. The topological polar surface area (TPSA) is 29.9 Å². The van der Waals surface area contributed by atoms with Gasteiger partial charge >= 0.3 is 0 Å². The molecule has 4 heteroatoms. The summed E-state index contributed by atoms with van der Waals surface area (Å²) in [7, 11) is 2.03. The Kier molecular flexibility index (Phi) is 6.00. The number of rotatable bonds is 7. The number of aromatic nitrogens is 2. The first-order valence-electron chi connectivity index (χ1n) is 7.56. The van der Waals surface area contributed by atoms with Crippen LogP contribution in [0.5, 0.6) is 0 Å². The van der Waals surface area contributed by atoms with Crippen molar-refractivity contribution in [2.75, 3.05) is 13.1 Å². The summed E-state index contributed by atoms with van der Waals surface area (Å²) in [6, 6.07) is 10.8. The minimum atomic E-state index is 0.462. The van der Waals surface area contributed by atoms with Crippen LogP contribution in [0.4, 0.5) is 0 Å². The maximum Gasteiger partial charge on any atom is 0.0596 e. The number of hydrogen-bond acceptors (Lipinski definition) is 2. The van der Waals surface area contributed by atoms with E-state index in [0.29, 0.717) is 5.92 Å². The van der Waals surface area contributed by atoms with Crippen LogP contribution in [0.3, 0.4) is 0 Å². The third kappa shape index (κ3) is 4.68. The summed E-state index contributed by atoms with van der Waals surface area (Å²) in [5.41, 5.74) is 3.74. The van der Waals surface area contributed by atoms with Crippen LogP contribution in [0.2, 0.25) is 0 Å². The molecule has 21 heavy (non-hydrogen) atoms. The van der Waals surface area contributed by atoms with E-state index in [2.05, 4.69) is 63.6 Å². The standard InChI is InChI=1S/C17H24BrN3/c1-4-8-19-12-15(14-6-5-7-16(18)10-14)11-17-9-13(2)20-21(17)3/h5-7,9-10,15,19H,4,8,11-12H2,1-3H3. The van der Waals surface area contributed by atoms with E-state index in [-0.39, 0.29) is 0 Å². The smallest absolute Gasteiger partial charge is 0.0596 e. The predicted octanol–water partition coefficient (Wildman–Crippen LogP) is 3.82. The minimum absolute atomic E-state index is 0.462. The Balaban J connectivity index is 2.17. The number of benzene rings is 1. The average molecular weight is 350 g/mol. The summed E-state index contributed by atoms with van der Waals surface area (Å²) in [4.78, 5) is 0. The third-order valence-corrected chi connectivity index (χ3v) is 4.19. The molecule has 114 valence electrons. The van der Waals surface area contributed by atoms with Gasteiger partial charge in [0.15, 0.2) is 0 Å². The van der Waals surface area contributed by atoms with E-state index in [1.807, 2.05) is 18.7 Å². The molecule has 0 aliphatic heterocycles. The number of halogens is 1. The van der Waals surface area contributed by atoms with Crippen molar-refractivity contribution < 1.29 is 0 Å². The monoisotopic (exact) mass is 349 g/mol. The molecule has 0 aliphatic rings. The van der Waals surface area contributed by atoms with E-state index < -0.39 is 0 Å². The normalized spacial score (nSPS) is 12.6. The molecular weight excluding hydrogens is 326 g/mol. The summed E-state index contributed by atoms with van der Waals surface area (Å²) >= 11 is 3.58. The Labute approximate surface area is 135 Å². The van der Waals surface area contributed by atoms with Crippen molar-refractivity contribution in [3.63, 3.8) is 0 Å². The first kappa shape index (κ1) is 16.2. The van der Waals surface area contributed by atoms with Crippen LogP contribution < -0.4 is 5.32 Å². The molecule has 0 saturated heterocycles. The highest BCUT2D eigenvalue weighted by molar-refractivity contribution is 9.10. The zero-order valence-electron chi connectivity index (χ0n) is 13.1. The third-order valence-electron chi connectivity index (χ3n) is 3.69. The molecule has 1 aromatic heterocycles. The van der Waals surface area contributed by atoms with Gasteiger partial charge in [-0.25, -0.2) is 0 Å². The molecule has 0 bridgehead atoms.